The lowest BCUT2D eigenvalue weighted by atomic mass is 9.93. The second-order valence-electron chi connectivity index (χ2n) is 14.4. The van der Waals surface area contributed by atoms with Gasteiger partial charge in [0, 0.05) is 50.6 Å². The molecule has 260 valence electrons. The van der Waals surface area contributed by atoms with Crippen molar-refractivity contribution in [3.8, 4) is 34.4 Å². The number of allylic oxidation sites excluding steroid dienone is 1. The van der Waals surface area contributed by atoms with Crippen LogP contribution in [0.25, 0.3) is 11.1 Å². The molecule has 0 spiro atoms. The Morgan fingerprint density at radius 1 is 1.00 bits per heavy atom. The van der Waals surface area contributed by atoms with Gasteiger partial charge in [-0.25, -0.2) is 0 Å². The van der Waals surface area contributed by atoms with Crippen LogP contribution in [0.3, 0.4) is 0 Å². The van der Waals surface area contributed by atoms with Gasteiger partial charge in [0.05, 0.1) is 25.8 Å². The van der Waals surface area contributed by atoms with Crippen molar-refractivity contribution in [3.63, 3.8) is 0 Å². The highest BCUT2D eigenvalue weighted by Gasteiger charge is 2.33. The number of pyridine rings is 1. The standard InChI is InChI=1S/C40H50N4O5/c1-26-27(2)38(45)42(6)24-33(26)29-20-36(47-7)34(37(21-29)48-8)25-43-17-14-31(15-18-43)49-32-12-9-11-28(19-32)35-13-10-16-44(35)39(46)30(23-41)22-40(3,4)5/h9,11-12,19-22,24,31,35H,10,13-18,25H2,1-8H3/b30-22+. The van der Waals surface area contributed by atoms with Crippen LogP contribution < -0.4 is 19.8 Å². The summed E-state index contributed by atoms with van der Waals surface area (Å²) >= 11 is 0. The molecule has 5 rings (SSSR count). The van der Waals surface area contributed by atoms with Gasteiger partial charge in [0.25, 0.3) is 11.5 Å². The SMILES string of the molecule is COc1cc(-c2cn(C)c(=O)c(C)c2C)cc(OC)c1CN1CCC(Oc2cccc(C3CCCN3C(=O)/C(C#N)=C/C(C)(C)C)c2)CC1. The fourth-order valence-electron chi connectivity index (χ4n) is 7.04. The molecule has 2 aromatic carbocycles. The van der Waals surface area contributed by atoms with Crippen molar-refractivity contribution in [2.24, 2.45) is 12.5 Å². The van der Waals surface area contributed by atoms with Gasteiger partial charge in [0.2, 0.25) is 0 Å². The van der Waals surface area contributed by atoms with Crippen molar-refractivity contribution in [1.29, 1.82) is 5.26 Å². The van der Waals surface area contributed by atoms with Crippen LogP contribution in [0.2, 0.25) is 0 Å². The van der Waals surface area contributed by atoms with Gasteiger partial charge in [-0.1, -0.05) is 39.0 Å². The van der Waals surface area contributed by atoms with Gasteiger partial charge in [-0.3, -0.25) is 14.5 Å². The summed E-state index contributed by atoms with van der Waals surface area (Å²) < 4.78 is 19.9. The van der Waals surface area contributed by atoms with E-state index in [-0.39, 0.29) is 34.6 Å². The number of piperidine rings is 1. The van der Waals surface area contributed by atoms with E-state index in [0.29, 0.717) is 13.1 Å². The summed E-state index contributed by atoms with van der Waals surface area (Å²) in [6.07, 6.45) is 7.24. The first kappa shape index (κ1) is 35.7. The van der Waals surface area contributed by atoms with E-state index in [9.17, 15) is 14.9 Å². The molecule has 1 atom stereocenters. The van der Waals surface area contributed by atoms with E-state index < -0.39 is 0 Å². The molecule has 49 heavy (non-hydrogen) atoms. The van der Waals surface area contributed by atoms with Crippen LogP contribution in [0.1, 0.15) is 74.8 Å². The lowest BCUT2D eigenvalue weighted by Crippen LogP contribution is -2.38. The van der Waals surface area contributed by atoms with Crippen LogP contribution in [0.15, 0.2) is 59.0 Å². The molecule has 2 aliphatic rings. The molecule has 2 aliphatic heterocycles. The van der Waals surface area contributed by atoms with Crippen LogP contribution in [0.5, 0.6) is 17.2 Å². The predicted molar refractivity (Wildman–Crippen MR) is 192 cm³/mol. The number of rotatable bonds is 9. The zero-order chi connectivity index (χ0) is 35.5. The third-order valence-electron chi connectivity index (χ3n) is 9.75. The number of nitriles is 1. The van der Waals surface area contributed by atoms with Gasteiger partial charge < -0.3 is 23.7 Å². The Hall–Kier alpha value is -4.55. The number of nitrogens with zero attached hydrogens (tertiary/aromatic N) is 4. The summed E-state index contributed by atoms with van der Waals surface area (Å²) in [5, 5.41) is 9.73. The Balaban J connectivity index is 1.25. The van der Waals surface area contributed by atoms with Crippen molar-refractivity contribution < 1.29 is 19.0 Å². The zero-order valence-corrected chi connectivity index (χ0v) is 30.3. The normalized spacial score (nSPS) is 17.6. The third kappa shape index (κ3) is 8.02. The Morgan fingerprint density at radius 2 is 1.67 bits per heavy atom. The average molecular weight is 667 g/mol. The van der Waals surface area contributed by atoms with Crippen molar-refractivity contribution in [2.45, 2.75) is 79.0 Å². The van der Waals surface area contributed by atoms with Crippen LogP contribution in [0.4, 0.5) is 0 Å². The summed E-state index contributed by atoms with van der Waals surface area (Å²) in [7, 11) is 5.14. The Bertz CT molecular complexity index is 1800. The molecule has 0 radical (unpaired) electrons. The Morgan fingerprint density at radius 3 is 2.29 bits per heavy atom. The fourth-order valence-corrected chi connectivity index (χ4v) is 7.04. The highest BCUT2D eigenvalue weighted by atomic mass is 16.5. The van der Waals surface area contributed by atoms with E-state index in [2.05, 4.69) is 23.1 Å². The second kappa shape index (κ2) is 14.9. The number of hydrogen-bond donors (Lipinski definition) is 0. The van der Waals surface area contributed by atoms with E-state index in [1.54, 1.807) is 31.9 Å². The van der Waals surface area contributed by atoms with Crippen molar-refractivity contribution in [1.82, 2.24) is 14.4 Å². The molecule has 0 saturated carbocycles. The highest BCUT2D eigenvalue weighted by Crippen LogP contribution is 2.38. The molecular weight excluding hydrogens is 616 g/mol. The van der Waals surface area contributed by atoms with Gasteiger partial charge >= 0.3 is 0 Å². The van der Waals surface area contributed by atoms with E-state index in [0.717, 1.165) is 89.4 Å². The molecule has 1 aromatic heterocycles. The number of methoxy groups -OCH3 is 2. The van der Waals surface area contributed by atoms with Crippen LogP contribution in [0, 0.1) is 30.6 Å². The van der Waals surface area contributed by atoms with E-state index in [1.165, 1.54) is 0 Å². The Labute approximate surface area is 290 Å². The summed E-state index contributed by atoms with van der Waals surface area (Å²) in [6, 6.07) is 14.2. The van der Waals surface area contributed by atoms with Gasteiger partial charge in [-0.15, -0.1) is 0 Å². The van der Waals surface area contributed by atoms with Gasteiger partial charge in [-0.05, 0) is 85.9 Å². The smallest absolute Gasteiger partial charge is 0.264 e. The molecule has 2 saturated heterocycles. The second-order valence-corrected chi connectivity index (χ2v) is 14.4. The molecule has 2 fully saturated rings. The van der Waals surface area contributed by atoms with E-state index >= 15 is 0 Å². The quantitative estimate of drug-likeness (QED) is 0.181. The molecule has 0 bridgehead atoms. The molecule has 0 N–H and O–H groups in total. The number of aromatic nitrogens is 1. The first-order valence-electron chi connectivity index (χ1n) is 17.2. The number of benzene rings is 2. The summed E-state index contributed by atoms with van der Waals surface area (Å²) in [6.45, 7) is 12.9. The van der Waals surface area contributed by atoms with Crippen molar-refractivity contribution in [2.75, 3.05) is 33.9 Å². The van der Waals surface area contributed by atoms with E-state index in [4.69, 9.17) is 14.2 Å². The minimum absolute atomic E-state index is 0.00340. The lowest BCUT2D eigenvalue weighted by Gasteiger charge is -2.33. The van der Waals surface area contributed by atoms with Crippen LogP contribution in [-0.4, -0.2) is 60.2 Å². The minimum Gasteiger partial charge on any atom is -0.496 e. The number of likely N-dealkylation sites (tertiary alicyclic amines) is 2. The molecule has 3 heterocycles. The minimum atomic E-state index is -0.258. The summed E-state index contributed by atoms with van der Waals surface area (Å²) in [5.41, 5.74) is 5.58. The maximum atomic E-state index is 13.4. The molecule has 9 heteroatoms. The molecule has 9 nitrogen and oxygen atoms in total. The number of carbonyl (C=O) groups excluding carboxylic acids is 1. The molecule has 1 amide bonds. The zero-order valence-electron chi connectivity index (χ0n) is 30.3. The maximum absolute atomic E-state index is 13.4. The highest BCUT2D eigenvalue weighted by molar-refractivity contribution is 5.97. The molecule has 0 aliphatic carbocycles. The first-order valence-corrected chi connectivity index (χ1v) is 17.2. The van der Waals surface area contributed by atoms with Gasteiger partial charge in [0.1, 0.15) is 35.0 Å². The fraction of sp³-hybridized carbons (Fsp3) is 0.475. The van der Waals surface area contributed by atoms with Gasteiger partial charge in [0.15, 0.2) is 0 Å². The number of hydrogen-bond acceptors (Lipinski definition) is 7. The maximum Gasteiger partial charge on any atom is 0.264 e. The van der Waals surface area contributed by atoms with Crippen molar-refractivity contribution >= 4 is 5.91 Å². The number of aryl methyl sites for hydroxylation is 1. The number of amides is 1. The molecule has 1 unspecified atom stereocenters. The average Bonchev–Trinajstić information content (AvgIpc) is 3.58. The predicted octanol–water partition coefficient (Wildman–Crippen LogP) is 6.89. The monoisotopic (exact) mass is 666 g/mol. The lowest BCUT2D eigenvalue weighted by molar-refractivity contribution is -0.127. The largest absolute Gasteiger partial charge is 0.496 e. The number of ether oxygens (including phenoxy) is 3. The summed E-state index contributed by atoms with van der Waals surface area (Å²) in [4.78, 5) is 30.1. The number of carbonyl (C=O) groups is 1. The molecule has 3 aromatic rings. The Kier molecular flexibility index (Phi) is 10.9. The summed E-state index contributed by atoms with van der Waals surface area (Å²) in [5.74, 6) is 2.12. The molecular formula is C40H50N4O5. The van der Waals surface area contributed by atoms with Gasteiger partial charge in [-0.2, -0.15) is 5.26 Å². The first-order chi connectivity index (χ1) is 23.3. The van der Waals surface area contributed by atoms with Crippen molar-refractivity contribution in [3.05, 3.63) is 86.9 Å². The third-order valence-corrected chi connectivity index (χ3v) is 9.75. The van der Waals surface area contributed by atoms with Crippen LogP contribution >= 0.6 is 0 Å². The van der Waals surface area contributed by atoms with Crippen LogP contribution in [-0.2, 0) is 18.4 Å². The topological polar surface area (TPSA) is 97.0 Å². The van der Waals surface area contributed by atoms with E-state index in [1.807, 2.05) is 70.0 Å².